The van der Waals surface area contributed by atoms with E-state index in [1.54, 1.807) is 18.2 Å². The molecular formula is C16H14ClFN2O. The maximum absolute atomic E-state index is 13.5. The average Bonchev–Trinajstić information content (AvgIpc) is 2.49. The van der Waals surface area contributed by atoms with E-state index in [0.717, 1.165) is 5.56 Å². The Hall–Kier alpha value is -2.20. The molecule has 0 unspecified atom stereocenters. The minimum atomic E-state index is -0.576. The minimum Gasteiger partial charge on any atom is -0.267 e. The Kier molecular flexibility index (Phi) is 5.06. The van der Waals surface area contributed by atoms with Gasteiger partial charge in [-0.15, -0.1) is 0 Å². The monoisotopic (exact) mass is 304 g/mol. The number of rotatable bonds is 4. The van der Waals surface area contributed by atoms with Crippen molar-refractivity contribution in [2.45, 2.75) is 13.3 Å². The molecule has 108 valence electrons. The highest BCUT2D eigenvalue weighted by atomic mass is 35.5. The maximum Gasteiger partial charge on any atom is 0.274 e. The summed E-state index contributed by atoms with van der Waals surface area (Å²) in [7, 11) is 0. The Balaban J connectivity index is 2.16. The Bertz CT molecular complexity index is 668. The van der Waals surface area contributed by atoms with Gasteiger partial charge in [0.15, 0.2) is 0 Å². The zero-order valence-electron chi connectivity index (χ0n) is 11.4. The lowest BCUT2D eigenvalue weighted by Gasteiger charge is -2.06. The third-order valence-corrected chi connectivity index (χ3v) is 3.18. The second-order valence-corrected chi connectivity index (χ2v) is 4.78. The largest absolute Gasteiger partial charge is 0.274 e. The van der Waals surface area contributed by atoms with Crippen molar-refractivity contribution < 1.29 is 9.18 Å². The Labute approximate surface area is 127 Å². The molecule has 0 atom stereocenters. The van der Waals surface area contributed by atoms with Crippen LogP contribution in [-0.2, 0) is 0 Å². The number of amides is 1. The fraction of sp³-hybridized carbons (Fsp3) is 0.125. The maximum atomic E-state index is 13.5. The van der Waals surface area contributed by atoms with E-state index in [-0.39, 0.29) is 5.56 Å². The number of hydrazone groups is 1. The fourth-order valence-corrected chi connectivity index (χ4v) is 1.94. The van der Waals surface area contributed by atoms with Gasteiger partial charge in [-0.25, -0.2) is 9.82 Å². The van der Waals surface area contributed by atoms with Crippen molar-refractivity contribution in [3.05, 3.63) is 70.5 Å². The van der Waals surface area contributed by atoms with Gasteiger partial charge in [0.1, 0.15) is 5.82 Å². The zero-order chi connectivity index (χ0) is 15.2. The lowest BCUT2D eigenvalue weighted by Crippen LogP contribution is -2.21. The summed E-state index contributed by atoms with van der Waals surface area (Å²) in [6, 6.07) is 12.9. The van der Waals surface area contributed by atoms with Crippen molar-refractivity contribution >= 4 is 23.2 Å². The van der Waals surface area contributed by atoms with E-state index in [4.69, 9.17) is 11.6 Å². The van der Waals surface area contributed by atoms with Gasteiger partial charge in [-0.05, 0) is 36.2 Å². The second kappa shape index (κ2) is 6.99. The predicted molar refractivity (Wildman–Crippen MR) is 82.1 cm³/mol. The molecule has 0 aliphatic carbocycles. The number of carbonyl (C=O) groups excluding carboxylic acids is 1. The molecule has 0 saturated heterocycles. The topological polar surface area (TPSA) is 41.5 Å². The lowest BCUT2D eigenvalue weighted by atomic mass is 10.1. The molecule has 0 heterocycles. The van der Waals surface area contributed by atoms with E-state index in [1.807, 2.05) is 19.1 Å². The molecule has 0 aromatic heterocycles. The molecule has 5 heteroatoms. The summed E-state index contributed by atoms with van der Waals surface area (Å²) < 4.78 is 13.5. The van der Waals surface area contributed by atoms with Gasteiger partial charge >= 0.3 is 0 Å². The normalized spacial score (nSPS) is 11.3. The summed E-state index contributed by atoms with van der Waals surface area (Å²) >= 11 is 5.83. The number of halogens is 2. The smallest absolute Gasteiger partial charge is 0.267 e. The van der Waals surface area contributed by atoms with Gasteiger partial charge in [0.05, 0.1) is 11.3 Å². The van der Waals surface area contributed by atoms with E-state index in [2.05, 4.69) is 10.5 Å². The van der Waals surface area contributed by atoms with Gasteiger partial charge in [0.2, 0.25) is 0 Å². The predicted octanol–water partition coefficient (Wildman–Crippen LogP) is 4.02. The summed E-state index contributed by atoms with van der Waals surface area (Å²) in [5.74, 6) is -1.15. The van der Waals surface area contributed by atoms with Crippen molar-refractivity contribution in [1.29, 1.82) is 0 Å². The summed E-state index contributed by atoms with van der Waals surface area (Å²) in [6.07, 6.45) is 0.624. The van der Waals surface area contributed by atoms with Crippen molar-refractivity contribution in [3.63, 3.8) is 0 Å². The third kappa shape index (κ3) is 3.89. The first kappa shape index (κ1) is 15.2. The Morgan fingerprint density at radius 3 is 2.48 bits per heavy atom. The highest BCUT2D eigenvalue weighted by molar-refractivity contribution is 6.30. The first-order valence-corrected chi connectivity index (χ1v) is 6.87. The molecular weight excluding hydrogens is 291 g/mol. The quantitative estimate of drug-likeness (QED) is 0.672. The van der Waals surface area contributed by atoms with Gasteiger partial charge in [0, 0.05) is 5.02 Å². The fourth-order valence-electron chi connectivity index (χ4n) is 1.81. The molecule has 2 aromatic rings. The molecule has 0 saturated carbocycles. The van der Waals surface area contributed by atoms with Crippen LogP contribution in [0.5, 0.6) is 0 Å². The summed E-state index contributed by atoms with van der Waals surface area (Å²) in [4.78, 5) is 11.9. The van der Waals surface area contributed by atoms with Gasteiger partial charge < -0.3 is 0 Å². The molecule has 0 spiro atoms. The van der Waals surface area contributed by atoms with Crippen LogP contribution in [0.4, 0.5) is 4.39 Å². The van der Waals surface area contributed by atoms with Crippen LogP contribution >= 0.6 is 11.6 Å². The van der Waals surface area contributed by atoms with Crippen molar-refractivity contribution in [2.24, 2.45) is 5.10 Å². The van der Waals surface area contributed by atoms with Crippen LogP contribution in [0.15, 0.2) is 53.6 Å². The van der Waals surface area contributed by atoms with Crippen molar-refractivity contribution in [3.8, 4) is 0 Å². The molecule has 21 heavy (non-hydrogen) atoms. The highest BCUT2D eigenvalue weighted by Crippen LogP contribution is 2.12. The number of nitrogens with one attached hydrogen (secondary N) is 1. The molecule has 0 aliphatic rings. The number of carbonyl (C=O) groups is 1. The molecule has 1 N–H and O–H groups in total. The summed E-state index contributed by atoms with van der Waals surface area (Å²) in [5, 5.41) is 4.70. The van der Waals surface area contributed by atoms with Crippen LogP contribution in [0, 0.1) is 5.82 Å². The van der Waals surface area contributed by atoms with Crippen LogP contribution in [0.3, 0.4) is 0 Å². The van der Waals surface area contributed by atoms with Crippen molar-refractivity contribution in [2.75, 3.05) is 0 Å². The first-order valence-electron chi connectivity index (χ1n) is 6.49. The standard InChI is InChI=1S/C16H14ClFN2O/c1-2-15(11-7-9-12(17)10-8-11)19-20-16(21)13-5-3-4-6-14(13)18/h3-10H,2H2,1H3,(H,20,21)/b19-15+. The van der Waals surface area contributed by atoms with Gasteiger partial charge in [-0.2, -0.15) is 5.10 Å². The van der Waals surface area contributed by atoms with Gasteiger partial charge in [-0.1, -0.05) is 42.8 Å². The van der Waals surface area contributed by atoms with Crippen molar-refractivity contribution in [1.82, 2.24) is 5.43 Å². The zero-order valence-corrected chi connectivity index (χ0v) is 12.2. The Morgan fingerprint density at radius 2 is 1.86 bits per heavy atom. The summed E-state index contributed by atoms with van der Waals surface area (Å²) in [6.45, 7) is 1.92. The third-order valence-electron chi connectivity index (χ3n) is 2.92. The van der Waals surface area contributed by atoms with Gasteiger partial charge in [-0.3, -0.25) is 4.79 Å². The molecule has 1 amide bonds. The molecule has 0 fully saturated rings. The number of benzene rings is 2. The number of hydrogen-bond acceptors (Lipinski definition) is 2. The molecule has 0 radical (unpaired) electrons. The summed E-state index contributed by atoms with van der Waals surface area (Å²) in [5.41, 5.74) is 3.89. The second-order valence-electron chi connectivity index (χ2n) is 4.34. The van der Waals surface area contributed by atoms with E-state index >= 15 is 0 Å². The van der Waals surface area contributed by atoms with E-state index in [9.17, 15) is 9.18 Å². The van der Waals surface area contributed by atoms with E-state index < -0.39 is 11.7 Å². The number of hydrogen-bond donors (Lipinski definition) is 1. The lowest BCUT2D eigenvalue weighted by molar-refractivity contribution is 0.0951. The van der Waals surface area contributed by atoms with Crippen LogP contribution in [-0.4, -0.2) is 11.6 Å². The molecule has 0 bridgehead atoms. The Morgan fingerprint density at radius 1 is 1.19 bits per heavy atom. The van der Waals surface area contributed by atoms with Gasteiger partial charge in [0.25, 0.3) is 5.91 Å². The van der Waals surface area contributed by atoms with Crippen LogP contribution in [0.1, 0.15) is 29.3 Å². The SMILES string of the molecule is CC/C(=N\NC(=O)c1ccccc1F)c1ccc(Cl)cc1. The molecule has 2 aromatic carbocycles. The van der Waals surface area contributed by atoms with Crippen LogP contribution in [0.2, 0.25) is 5.02 Å². The van der Waals surface area contributed by atoms with E-state index in [0.29, 0.717) is 17.2 Å². The minimum absolute atomic E-state index is 0.0344. The highest BCUT2D eigenvalue weighted by Gasteiger charge is 2.10. The molecule has 0 aliphatic heterocycles. The molecule has 2 rings (SSSR count). The number of nitrogens with zero attached hydrogens (tertiary/aromatic N) is 1. The van der Waals surface area contributed by atoms with Crippen LogP contribution in [0.25, 0.3) is 0 Å². The first-order chi connectivity index (χ1) is 10.1. The van der Waals surface area contributed by atoms with E-state index in [1.165, 1.54) is 18.2 Å². The van der Waals surface area contributed by atoms with Crippen LogP contribution < -0.4 is 5.43 Å². The molecule has 3 nitrogen and oxygen atoms in total. The average molecular weight is 305 g/mol.